The van der Waals surface area contributed by atoms with Crippen LogP contribution >= 0.6 is 23.4 Å². The van der Waals surface area contributed by atoms with E-state index in [-0.39, 0.29) is 11.8 Å². The zero-order valence-corrected chi connectivity index (χ0v) is 23.6. The Bertz CT molecular complexity index is 1670. The van der Waals surface area contributed by atoms with Crippen molar-refractivity contribution in [3.8, 4) is 5.75 Å². The van der Waals surface area contributed by atoms with E-state index in [4.69, 9.17) is 16.3 Å². The number of anilines is 2. The maximum absolute atomic E-state index is 13.6. The number of rotatable bonds is 8. The number of carbonyl (C=O) groups is 2. The van der Waals surface area contributed by atoms with Crippen LogP contribution in [0.4, 0.5) is 11.4 Å². The maximum atomic E-state index is 13.6. The van der Waals surface area contributed by atoms with E-state index in [1.165, 1.54) is 11.8 Å². The van der Waals surface area contributed by atoms with Gasteiger partial charge in [-0.3, -0.25) is 9.59 Å². The molecule has 0 saturated carbocycles. The molecule has 0 fully saturated rings. The first kappa shape index (κ1) is 27.3. The number of nitrogens with one attached hydrogen (secondary N) is 2. The molecule has 0 aromatic heterocycles. The number of benzene rings is 5. The van der Waals surface area contributed by atoms with E-state index in [1.807, 2.05) is 104 Å². The minimum atomic E-state index is -0.528. The van der Waals surface area contributed by atoms with Crippen LogP contribution in [0.25, 0.3) is 10.8 Å². The lowest BCUT2D eigenvalue weighted by Crippen LogP contribution is -2.19. The fourth-order valence-corrected chi connectivity index (χ4v) is 5.49. The summed E-state index contributed by atoms with van der Waals surface area (Å²) in [5.74, 6) is 0.122. The first-order valence-corrected chi connectivity index (χ1v) is 13.9. The monoisotopic (exact) mass is 566 g/mol. The predicted octanol–water partition coefficient (Wildman–Crippen LogP) is 8.53. The number of methoxy groups -OCH3 is 1. The zero-order chi connectivity index (χ0) is 28.1. The average molecular weight is 567 g/mol. The highest BCUT2D eigenvalue weighted by atomic mass is 35.5. The van der Waals surface area contributed by atoms with Crippen LogP contribution in [0.5, 0.6) is 5.75 Å². The molecule has 0 radical (unpaired) electrons. The van der Waals surface area contributed by atoms with Crippen LogP contribution < -0.4 is 15.4 Å². The van der Waals surface area contributed by atoms with Crippen molar-refractivity contribution >= 4 is 57.3 Å². The molecular formula is C33H27ClN2O3S. The van der Waals surface area contributed by atoms with E-state index in [1.54, 1.807) is 19.2 Å². The number of carbonyl (C=O) groups excluding carboxylic acids is 2. The van der Waals surface area contributed by atoms with Gasteiger partial charge in [0.05, 0.1) is 12.8 Å². The number of aryl methyl sites for hydroxylation is 1. The summed E-state index contributed by atoms with van der Waals surface area (Å²) >= 11 is 7.67. The fraction of sp³-hybridized carbons (Fsp3) is 0.0909. The second-order valence-electron chi connectivity index (χ2n) is 9.24. The van der Waals surface area contributed by atoms with Crippen LogP contribution in [0.1, 0.15) is 26.7 Å². The van der Waals surface area contributed by atoms with Gasteiger partial charge >= 0.3 is 0 Å². The zero-order valence-electron chi connectivity index (χ0n) is 22.0. The summed E-state index contributed by atoms with van der Waals surface area (Å²) in [7, 11) is 1.54. The molecule has 0 bridgehead atoms. The van der Waals surface area contributed by atoms with Crippen LogP contribution in [-0.2, 0) is 4.79 Å². The number of ether oxygens (including phenoxy) is 1. The second-order valence-corrected chi connectivity index (χ2v) is 10.8. The lowest BCUT2D eigenvalue weighted by Gasteiger charge is -2.19. The van der Waals surface area contributed by atoms with Crippen molar-refractivity contribution in [3.05, 3.63) is 131 Å². The third-order valence-electron chi connectivity index (χ3n) is 6.46. The molecule has 0 saturated heterocycles. The highest BCUT2D eigenvalue weighted by molar-refractivity contribution is 8.00. The summed E-state index contributed by atoms with van der Waals surface area (Å²) in [6.07, 6.45) is 0. The van der Waals surface area contributed by atoms with Gasteiger partial charge in [-0.25, -0.2) is 0 Å². The largest absolute Gasteiger partial charge is 0.495 e. The summed E-state index contributed by atoms with van der Waals surface area (Å²) in [6, 6.07) is 34.2. The van der Waals surface area contributed by atoms with E-state index >= 15 is 0 Å². The van der Waals surface area contributed by atoms with Gasteiger partial charge in [-0.1, -0.05) is 72.3 Å². The molecule has 7 heteroatoms. The quantitative estimate of drug-likeness (QED) is 0.185. The third kappa shape index (κ3) is 6.30. The molecule has 2 N–H and O–H groups in total. The SMILES string of the molecule is COc1cc(Cl)c(C)cc1NC(=O)C(Sc1ccc(NC(=O)c2ccc3ccccc3c2)cc1)c1ccccc1. The topological polar surface area (TPSA) is 67.4 Å². The highest BCUT2D eigenvalue weighted by Crippen LogP contribution is 2.38. The standard InChI is InChI=1S/C33H27ClN2O3S/c1-21-18-29(30(39-2)20-28(21)34)36-33(38)31(23-9-4-3-5-10-23)40-27-16-14-26(15-17-27)35-32(37)25-13-12-22-8-6-7-11-24(22)19-25/h3-20,31H,1-2H3,(H,35,37)(H,36,38). The minimum absolute atomic E-state index is 0.181. The number of halogens is 1. The molecule has 5 aromatic carbocycles. The molecule has 200 valence electrons. The molecule has 40 heavy (non-hydrogen) atoms. The molecule has 5 rings (SSSR count). The van der Waals surface area contributed by atoms with Gasteiger partial charge in [-0.15, -0.1) is 11.8 Å². The van der Waals surface area contributed by atoms with Gasteiger partial charge in [0.15, 0.2) is 0 Å². The van der Waals surface area contributed by atoms with Gasteiger partial charge in [0.25, 0.3) is 5.91 Å². The number of fused-ring (bicyclic) bond motifs is 1. The highest BCUT2D eigenvalue weighted by Gasteiger charge is 2.23. The van der Waals surface area contributed by atoms with Gasteiger partial charge in [0.2, 0.25) is 5.91 Å². The van der Waals surface area contributed by atoms with Crippen molar-refractivity contribution in [2.75, 3.05) is 17.7 Å². The number of thioether (sulfide) groups is 1. The third-order valence-corrected chi connectivity index (χ3v) is 8.13. The van der Waals surface area contributed by atoms with Crippen molar-refractivity contribution in [2.24, 2.45) is 0 Å². The summed E-state index contributed by atoms with van der Waals surface area (Å²) in [4.78, 5) is 27.3. The smallest absolute Gasteiger partial charge is 0.255 e. The van der Waals surface area contributed by atoms with Crippen LogP contribution in [-0.4, -0.2) is 18.9 Å². The Morgan fingerprint density at radius 3 is 2.23 bits per heavy atom. The molecule has 2 amide bonds. The molecule has 5 nitrogen and oxygen atoms in total. The summed E-state index contributed by atoms with van der Waals surface area (Å²) in [5, 5.41) is 8.11. The minimum Gasteiger partial charge on any atom is -0.495 e. The molecule has 0 heterocycles. The molecule has 1 atom stereocenters. The van der Waals surface area contributed by atoms with Crippen molar-refractivity contribution in [1.29, 1.82) is 0 Å². The molecule has 5 aromatic rings. The first-order chi connectivity index (χ1) is 19.4. The van der Waals surface area contributed by atoms with Crippen molar-refractivity contribution in [3.63, 3.8) is 0 Å². The Kier molecular flexibility index (Phi) is 8.39. The van der Waals surface area contributed by atoms with Crippen molar-refractivity contribution < 1.29 is 14.3 Å². The molecule has 0 aliphatic carbocycles. The van der Waals surface area contributed by atoms with E-state index < -0.39 is 5.25 Å². The lowest BCUT2D eigenvalue weighted by atomic mass is 10.1. The van der Waals surface area contributed by atoms with E-state index in [9.17, 15) is 9.59 Å². The van der Waals surface area contributed by atoms with Crippen molar-refractivity contribution in [2.45, 2.75) is 17.1 Å². The summed E-state index contributed by atoms with van der Waals surface area (Å²) in [5.41, 5.74) is 3.52. The molecule has 0 spiro atoms. The van der Waals surface area contributed by atoms with Gasteiger partial charge in [0, 0.05) is 27.2 Å². The van der Waals surface area contributed by atoms with Gasteiger partial charge < -0.3 is 15.4 Å². The Morgan fingerprint density at radius 1 is 0.800 bits per heavy atom. The van der Waals surface area contributed by atoms with Crippen LogP contribution in [0.2, 0.25) is 5.02 Å². The first-order valence-electron chi connectivity index (χ1n) is 12.7. The Morgan fingerprint density at radius 2 is 1.50 bits per heavy atom. The number of hydrogen-bond donors (Lipinski definition) is 2. The van der Waals surface area contributed by atoms with E-state index in [0.29, 0.717) is 27.7 Å². The van der Waals surface area contributed by atoms with Crippen LogP contribution in [0.3, 0.4) is 0 Å². The van der Waals surface area contributed by atoms with Gasteiger partial charge in [0.1, 0.15) is 11.0 Å². The van der Waals surface area contributed by atoms with E-state index in [0.717, 1.165) is 26.8 Å². The lowest BCUT2D eigenvalue weighted by molar-refractivity contribution is -0.115. The Hall–Kier alpha value is -4.26. The Balaban J connectivity index is 1.32. The second kappa shape index (κ2) is 12.3. The van der Waals surface area contributed by atoms with Crippen molar-refractivity contribution in [1.82, 2.24) is 0 Å². The molecule has 1 unspecified atom stereocenters. The molecule has 0 aliphatic heterocycles. The number of hydrogen-bond acceptors (Lipinski definition) is 4. The molecular weight excluding hydrogens is 540 g/mol. The molecule has 0 aliphatic rings. The Labute approximate surface area is 242 Å². The van der Waals surface area contributed by atoms with Crippen LogP contribution in [0.15, 0.2) is 114 Å². The van der Waals surface area contributed by atoms with Gasteiger partial charge in [-0.2, -0.15) is 0 Å². The fourth-order valence-electron chi connectivity index (χ4n) is 4.32. The summed E-state index contributed by atoms with van der Waals surface area (Å²) < 4.78 is 5.44. The van der Waals surface area contributed by atoms with Gasteiger partial charge in [-0.05, 0) is 71.3 Å². The average Bonchev–Trinajstić information content (AvgIpc) is 2.98. The van der Waals surface area contributed by atoms with E-state index in [2.05, 4.69) is 10.6 Å². The predicted molar refractivity (Wildman–Crippen MR) is 165 cm³/mol. The normalized spacial score (nSPS) is 11.6. The number of amides is 2. The summed E-state index contributed by atoms with van der Waals surface area (Å²) in [6.45, 7) is 1.88. The maximum Gasteiger partial charge on any atom is 0.255 e. The van der Waals surface area contributed by atoms with Crippen LogP contribution in [0, 0.1) is 6.92 Å².